The van der Waals surface area contributed by atoms with Crippen LogP contribution in [0.25, 0.3) is 0 Å². The number of carbonyl (C=O) groups excluding carboxylic acids is 1. The van der Waals surface area contributed by atoms with E-state index in [1.807, 2.05) is 12.1 Å². The molecule has 0 saturated heterocycles. The zero-order chi connectivity index (χ0) is 14.8. The summed E-state index contributed by atoms with van der Waals surface area (Å²) >= 11 is 5.99. The summed E-state index contributed by atoms with van der Waals surface area (Å²) < 4.78 is 0. The Morgan fingerprint density at radius 3 is 2.30 bits per heavy atom. The summed E-state index contributed by atoms with van der Waals surface area (Å²) in [6.07, 6.45) is 5.52. The maximum absolute atomic E-state index is 11.5. The number of allylic oxidation sites excluding steroid dienone is 2. The molecule has 1 aromatic carbocycles. The van der Waals surface area contributed by atoms with Gasteiger partial charge in [0.2, 0.25) is 5.91 Å². The van der Waals surface area contributed by atoms with Crippen LogP contribution < -0.4 is 5.32 Å². The number of carbonyl (C=O) groups is 1. The maximum Gasteiger partial charge on any atom is 0.221 e. The largest absolute Gasteiger partial charge is 0.329 e. The molecule has 0 atom stereocenters. The van der Waals surface area contributed by atoms with Gasteiger partial charge in [-0.3, -0.25) is 4.79 Å². The number of amides is 1. The Hall–Kier alpha value is -1.28. The lowest BCUT2D eigenvalue weighted by atomic mass is 9.62. The highest BCUT2D eigenvalue weighted by Crippen LogP contribution is 2.48. The van der Waals surface area contributed by atoms with Gasteiger partial charge in [0.1, 0.15) is 0 Å². The van der Waals surface area contributed by atoms with Crippen molar-refractivity contribution in [1.29, 1.82) is 0 Å². The van der Waals surface area contributed by atoms with Crippen LogP contribution >= 0.6 is 11.6 Å². The number of halogens is 1. The van der Waals surface area contributed by atoms with E-state index >= 15 is 0 Å². The van der Waals surface area contributed by atoms with E-state index in [4.69, 9.17) is 11.6 Å². The molecule has 1 N–H and O–H groups in total. The fourth-order valence-electron chi connectivity index (χ4n) is 2.86. The predicted molar refractivity (Wildman–Crippen MR) is 83.7 cm³/mol. The molecule has 2 nitrogen and oxygen atoms in total. The Bertz CT molecular complexity index is 512. The summed E-state index contributed by atoms with van der Waals surface area (Å²) in [6, 6.07) is 8.02. The van der Waals surface area contributed by atoms with E-state index in [1.165, 1.54) is 12.0 Å². The summed E-state index contributed by atoms with van der Waals surface area (Å²) in [4.78, 5) is 11.5. The van der Waals surface area contributed by atoms with Gasteiger partial charge in [-0.15, -0.1) is 0 Å². The molecule has 1 aliphatic carbocycles. The highest BCUT2D eigenvalue weighted by molar-refractivity contribution is 6.30. The van der Waals surface area contributed by atoms with Crippen molar-refractivity contribution >= 4 is 17.5 Å². The van der Waals surface area contributed by atoms with Crippen LogP contribution in [0.1, 0.15) is 45.6 Å². The van der Waals surface area contributed by atoms with Gasteiger partial charge >= 0.3 is 0 Å². The van der Waals surface area contributed by atoms with Crippen LogP contribution in [0.5, 0.6) is 0 Å². The lowest BCUT2D eigenvalue weighted by Gasteiger charge is -2.44. The lowest BCUT2D eigenvalue weighted by Crippen LogP contribution is -2.43. The maximum atomic E-state index is 11.5. The van der Waals surface area contributed by atoms with E-state index < -0.39 is 0 Å². The van der Waals surface area contributed by atoms with E-state index in [9.17, 15) is 4.79 Å². The Morgan fingerprint density at radius 2 is 1.90 bits per heavy atom. The summed E-state index contributed by atoms with van der Waals surface area (Å²) in [5.41, 5.74) is 2.25. The molecule has 1 aromatic rings. The molecular weight excluding hydrogens is 270 g/mol. The third-order valence-electron chi connectivity index (χ3n) is 3.93. The van der Waals surface area contributed by atoms with Crippen LogP contribution in [0.4, 0.5) is 0 Å². The quantitative estimate of drug-likeness (QED) is 0.873. The van der Waals surface area contributed by atoms with Crippen molar-refractivity contribution in [2.45, 2.75) is 45.4 Å². The Morgan fingerprint density at radius 1 is 1.30 bits per heavy atom. The van der Waals surface area contributed by atoms with Gasteiger partial charge in [-0.2, -0.15) is 0 Å². The lowest BCUT2D eigenvalue weighted by molar-refractivity contribution is -0.118. The van der Waals surface area contributed by atoms with Gasteiger partial charge < -0.3 is 5.32 Å². The van der Waals surface area contributed by atoms with Gasteiger partial charge in [-0.05, 0) is 36.5 Å². The van der Waals surface area contributed by atoms with Crippen LogP contribution in [-0.4, -0.2) is 5.91 Å². The molecule has 0 heterocycles. The van der Waals surface area contributed by atoms with Crippen LogP contribution in [-0.2, 0) is 10.2 Å². The van der Waals surface area contributed by atoms with E-state index in [-0.39, 0.29) is 11.3 Å². The van der Waals surface area contributed by atoms with E-state index in [2.05, 4.69) is 37.4 Å². The van der Waals surface area contributed by atoms with E-state index in [1.54, 1.807) is 6.92 Å². The second kappa shape index (κ2) is 6.01. The summed E-state index contributed by atoms with van der Waals surface area (Å²) in [6.45, 7) is 5.84. The van der Waals surface area contributed by atoms with Gasteiger partial charge in [0, 0.05) is 23.1 Å². The number of benzene rings is 1. The Kier molecular flexibility index (Phi) is 4.54. The third-order valence-corrected chi connectivity index (χ3v) is 4.18. The fraction of sp³-hybridized carbons (Fsp3) is 0.471. The summed E-state index contributed by atoms with van der Waals surface area (Å²) in [7, 11) is 0. The first kappa shape index (κ1) is 15.1. The zero-order valence-electron chi connectivity index (χ0n) is 12.4. The number of hydrogen-bond donors (Lipinski definition) is 1. The molecule has 108 valence electrons. The van der Waals surface area contributed by atoms with Crippen molar-refractivity contribution in [3.05, 3.63) is 46.6 Å². The topological polar surface area (TPSA) is 29.1 Å². The SMILES string of the molecule is CC(=O)N/C(=C\C(C)C)C1(c2ccc(Cl)cc2)CCC1. The molecular formula is C17H22ClNO. The highest BCUT2D eigenvalue weighted by atomic mass is 35.5. The van der Waals surface area contributed by atoms with Crippen LogP contribution in [0.3, 0.4) is 0 Å². The second-order valence-electron chi connectivity index (χ2n) is 5.95. The zero-order valence-corrected chi connectivity index (χ0v) is 13.1. The first-order chi connectivity index (χ1) is 9.44. The average Bonchev–Trinajstić information content (AvgIpc) is 2.28. The molecule has 0 radical (unpaired) electrons. The van der Waals surface area contributed by atoms with E-state index in [0.29, 0.717) is 5.92 Å². The van der Waals surface area contributed by atoms with Gasteiger partial charge in [0.25, 0.3) is 0 Å². The first-order valence-corrected chi connectivity index (χ1v) is 7.58. The molecule has 0 unspecified atom stereocenters. The Balaban J connectivity index is 2.41. The summed E-state index contributed by atoms with van der Waals surface area (Å²) in [5.74, 6) is 0.402. The minimum absolute atomic E-state index is 0.00265. The number of rotatable bonds is 4. The standard InChI is InChI=1S/C17H22ClNO/c1-12(2)11-16(19-13(3)20)17(9-4-10-17)14-5-7-15(18)8-6-14/h5-8,11-12H,4,9-10H2,1-3H3,(H,19,20)/b16-11-. The number of hydrogen-bond acceptors (Lipinski definition) is 1. The second-order valence-corrected chi connectivity index (χ2v) is 6.38. The first-order valence-electron chi connectivity index (χ1n) is 7.20. The van der Waals surface area contributed by atoms with E-state index in [0.717, 1.165) is 23.6 Å². The van der Waals surface area contributed by atoms with Crippen LogP contribution in [0.2, 0.25) is 5.02 Å². The van der Waals surface area contributed by atoms with Crippen molar-refractivity contribution in [2.24, 2.45) is 5.92 Å². The van der Waals surface area contributed by atoms with Crippen molar-refractivity contribution in [3.63, 3.8) is 0 Å². The van der Waals surface area contributed by atoms with Gasteiger partial charge in [0.05, 0.1) is 0 Å². The number of nitrogens with one attached hydrogen (secondary N) is 1. The van der Waals surface area contributed by atoms with Crippen molar-refractivity contribution < 1.29 is 4.79 Å². The molecule has 2 rings (SSSR count). The summed E-state index contributed by atoms with van der Waals surface area (Å²) in [5, 5.41) is 3.80. The molecule has 1 amide bonds. The molecule has 0 aliphatic heterocycles. The molecule has 1 aliphatic rings. The molecule has 1 fully saturated rings. The van der Waals surface area contributed by atoms with Gasteiger partial charge in [-0.25, -0.2) is 0 Å². The van der Waals surface area contributed by atoms with Crippen LogP contribution in [0.15, 0.2) is 36.0 Å². The Labute approximate surface area is 126 Å². The van der Waals surface area contributed by atoms with Crippen LogP contribution in [0, 0.1) is 5.92 Å². The smallest absolute Gasteiger partial charge is 0.221 e. The molecule has 0 aromatic heterocycles. The van der Waals surface area contributed by atoms with Crippen molar-refractivity contribution in [1.82, 2.24) is 5.32 Å². The fourth-order valence-corrected chi connectivity index (χ4v) is 2.98. The van der Waals surface area contributed by atoms with Crippen molar-refractivity contribution in [2.75, 3.05) is 0 Å². The minimum atomic E-state index is -0.0411. The molecule has 0 bridgehead atoms. The normalized spacial score (nSPS) is 17.8. The minimum Gasteiger partial charge on any atom is -0.329 e. The molecule has 3 heteroatoms. The average molecular weight is 292 g/mol. The molecule has 0 spiro atoms. The molecule has 1 saturated carbocycles. The molecule has 20 heavy (non-hydrogen) atoms. The highest BCUT2D eigenvalue weighted by Gasteiger charge is 2.42. The monoisotopic (exact) mass is 291 g/mol. The predicted octanol–water partition coefficient (Wildman–Crippen LogP) is 4.44. The third kappa shape index (κ3) is 3.06. The van der Waals surface area contributed by atoms with Crippen molar-refractivity contribution in [3.8, 4) is 0 Å². The van der Waals surface area contributed by atoms with Gasteiger partial charge in [0.15, 0.2) is 0 Å². The van der Waals surface area contributed by atoms with Gasteiger partial charge in [-0.1, -0.05) is 50.1 Å².